The lowest BCUT2D eigenvalue weighted by molar-refractivity contribution is -0.0516. The topological polar surface area (TPSA) is 9.23 Å². The van der Waals surface area contributed by atoms with Crippen molar-refractivity contribution in [1.82, 2.24) is 0 Å². The Morgan fingerprint density at radius 1 is 1.27 bits per heavy atom. The monoisotopic (exact) mass is 175 g/mol. The molecular formula is C7H5F2OS. The van der Waals surface area contributed by atoms with Crippen molar-refractivity contribution in [2.24, 2.45) is 0 Å². The molecule has 0 aliphatic carbocycles. The molecular weight excluding hydrogens is 170 g/mol. The van der Waals surface area contributed by atoms with Crippen LogP contribution in [0, 0.1) is 0 Å². The number of benzene rings is 1. The van der Waals surface area contributed by atoms with Gasteiger partial charge in [0.25, 0.3) is 0 Å². The van der Waals surface area contributed by atoms with Gasteiger partial charge in [-0.3, -0.25) is 0 Å². The average Bonchev–Trinajstić information content (AvgIpc) is 1.93. The van der Waals surface area contributed by atoms with E-state index in [1.165, 1.54) is 12.1 Å². The van der Waals surface area contributed by atoms with Gasteiger partial charge in [-0.1, -0.05) is 24.8 Å². The van der Waals surface area contributed by atoms with Gasteiger partial charge in [-0.2, -0.15) is 8.78 Å². The summed E-state index contributed by atoms with van der Waals surface area (Å²) in [5.41, 5.74) is 0. The first-order valence-electron chi connectivity index (χ1n) is 2.91. The van der Waals surface area contributed by atoms with Crippen LogP contribution >= 0.6 is 12.6 Å². The number of hydrogen-bond donors (Lipinski definition) is 0. The first-order valence-corrected chi connectivity index (χ1v) is 3.32. The van der Waals surface area contributed by atoms with Gasteiger partial charge >= 0.3 is 6.61 Å². The Bertz CT molecular complexity index is 240. The summed E-state index contributed by atoms with van der Waals surface area (Å²) < 4.78 is 27.4. The van der Waals surface area contributed by atoms with Crippen LogP contribution in [0.1, 0.15) is 0 Å². The van der Waals surface area contributed by atoms with Crippen molar-refractivity contribution in [1.29, 1.82) is 0 Å². The SMILES string of the molecule is FC(F)Oc1ccccc1[S]. The van der Waals surface area contributed by atoms with Crippen LogP contribution in [0.25, 0.3) is 0 Å². The number of alkyl halides is 2. The van der Waals surface area contributed by atoms with E-state index in [0.29, 0.717) is 4.90 Å². The summed E-state index contributed by atoms with van der Waals surface area (Å²) in [4.78, 5) is 0.299. The maximum absolute atomic E-state index is 11.6. The molecule has 1 radical (unpaired) electrons. The maximum atomic E-state index is 11.6. The van der Waals surface area contributed by atoms with Crippen molar-refractivity contribution < 1.29 is 13.5 Å². The fraction of sp³-hybridized carbons (Fsp3) is 0.143. The molecule has 0 aromatic heterocycles. The Kier molecular flexibility index (Phi) is 2.59. The highest BCUT2D eigenvalue weighted by atomic mass is 32.1. The van der Waals surface area contributed by atoms with Crippen molar-refractivity contribution in [3.63, 3.8) is 0 Å². The molecule has 0 fully saturated rings. The lowest BCUT2D eigenvalue weighted by Gasteiger charge is -2.04. The predicted molar refractivity (Wildman–Crippen MR) is 38.9 cm³/mol. The second-order valence-electron chi connectivity index (χ2n) is 1.83. The van der Waals surface area contributed by atoms with Gasteiger partial charge in [0.15, 0.2) is 0 Å². The lowest BCUT2D eigenvalue weighted by Crippen LogP contribution is -2.02. The number of halogens is 2. The first-order chi connectivity index (χ1) is 5.20. The molecule has 1 aromatic carbocycles. The molecule has 0 heterocycles. The van der Waals surface area contributed by atoms with Crippen LogP contribution in [0.4, 0.5) is 8.78 Å². The molecule has 0 saturated heterocycles. The number of rotatable bonds is 2. The van der Waals surface area contributed by atoms with Crippen molar-refractivity contribution in [2.45, 2.75) is 11.5 Å². The molecule has 4 heteroatoms. The van der Waals surface area contributed by atoms with E-state index < -0.39 is 6.61 Å². The third-order valence-electron chi connectivity index (χ3n) is 1.07. The van der Waals surface area contributed by atoms with Gasteiger partial charge in [0.1, 0.15) is 5.75 Å². The molecule has 1 nitrogen and oxygen atoms in total. The summed E-state index contributed by atoms with van der Waals surface area (Å²) in [5.74, 6) is 0.0532. The summed E-state index contributed by atoms with van der Waals surface area (Å²) in [6, 6.07) is 6.20. The molecule has 1 rings (SSSR count). The smallest absolute Gasteiger partial charge is 0.387 e. The standard InChI is InChI=1S/C7H5F2OS/c8-7(9)10-5-3-1-2-4-6(5)11/h1-4,7H. The van der Waals surface area contributed by atoms with Crippen LogP contribution in [0.15, 0.2) is 29.2 Å². The molecule has 0 atom stereocenters. The van der Waals surface area contributed by atoms with E-state index in [4.69, 9.17) is 12.6 Å². The summed E-state index contributed by atoms with van der Waals surface area (Å²) in [5, 5.41) is 0. The molecule has 0 N–H and O–H groups in total. The zero-order chi connectivity index (χ0) is 8.27. The minimum Gasteiger partial charge on any atom is -0.433 e. The normalized spacial score (nSPS) is 10.1. The number of para-hydroxylation sites is 1. The van der Waals surface area contributed by atoms with Gasteiger partial charge < -0.3 is 4.74 Å². The van der Waals surface area contributed by atoms with Crippen molar-refractivity contribution in [2.75, 3.05) is 0 Å². The van der Waals surface area contributed by atoms with Gasteiger partial charge in [0.2, 0.25) is 0 Å². The molecule has 0 aliphatic rings. The molecule has 0 unspecified atom stereocenters. The molecule has 11 heavy (non-hydrogen) atoms. The van der Waals surface area contributed by atoms with E-state index >= 15 is 0 Å². The van der Waals surface area contributed by atoms with Gasteiger partial charge in [0.05, 0.1) is 4.90 Å². The highest BCUT2D eigenvalue weighted by Crippen LogP contribution is 2.22. The molecule has 0 saturated carbocycles. The Morgan fingerprint density at radius 3 is 2.45 bits per heavy atom. The maximum Gasteiger partial charge on any atom is 0.387 e. The molecule has 0 bridgehead atoms. The predicted octanol–water partition coefficient (Wildman–Crippen LogP) is 2.84. The zero-order valence-electron chi connectivity index (χ0n) is 5.46. The Hall–Kier alpha value is -0.900. The Labute approximate surface area is 68.4 Å². The minimum atomic E-state index is -2.81. The largest absolute Gasteiger partial charge is 0.433 e. The minimum absolute atomic E-state index is 0.0532. The number of ether oxygens (including phenoxy) is 1. The van der Waals surface area contributed by atoms with E-state index in [0.717, 1.165) is 0 Å². The van der Waals surface area contributed by atoms with Crippen molar-refractivity contribution >= 4 is 12.6 Å². The van der Waals surface area contributed by atoms with E-state index in [2.05, 4.69) is 4.74 Å². The molecule has 0 amide bonds. The highest BCUT2D eigenvalue weighted by Gasteiger charge is 2.06. The van der Waals surface area contributed by atoms with E-state index in [1.54, 1.807) is 12.1 Å². The average molecular weight is 175 g/mol. The van der Waals surface area contributed by atoms with Crippen LogP contribution in [0.5, 0.6) is 5.75 Å². The van der Waals surface area contributed by atoms with Crippen LogP contribution in [-0.2, 0) is 0 Å². The summed E-state index contributed by atoms with van der Waals surface area (Å²) in [6.07, 6.45) is 0. The van der Waals surface area contributed by atoms with Gasteiger partial charge in [0, 0.05) is 0 Å². The van der Waals surface area contributed by atoms with Gasteiger partial charge in [-0.25, -0.2) is 0 Å². The molecule has 0 aliphatic heterocycles. The van der Waals surface area contributed by atoms with Crippen LogP contribution in [-0.4, -0.2) is 6.61 Å². The quantitative estimate of drug-likeness (QED) is 0.671. The van der Waals surface area contributed by atoms with Gasteiger partial charge in [-0.05, 0) is 12.1 Å². The second-order valence-corrected chi connectivity index (χ2v) is 2.27. The van der Waals surface area contributed by atoms with Crippen LogP contribution in [0.3, 0.4) is 0 Å². The van der Waals surface area contributed by atoms with Crippen molar-refractivity contribution in [3.05, 3.63) is 24.3 Å². The van der Waals surface area contributed by atoms with Crippen LogP contribution < -0.4 is 4.74 Å². The number of hydrogen-bond acceptors (Lipinski definition) is 1. The van der Waals surface area contributed by atoms with Gasteiger partial charge in [-0.15, -0.1) is 0 Å². The van der Waals surface area contributed by atoms with Crippen molar-refractivity contribution in [3.8, 4) is 5.75 Å². The molecule has 1 aromatic rings. The zero-order valence-corrected chi connectivity index (χ0v) is 6.28. The summed E-state index contributed by atoms with van der Waals surface area (Å²) >= 11 is 4.71. The Morgan fingerprint density at radius 2 is 1.91 bits per heavy atom. The third-order valence-corrected chi connectivity index (χ3v) is 1.40. The molecule has 0 spiro atoms. The highest BCUT2D eigenvalue weighted by molar-refractivity contribution is 7.80. The summed E-state index contributed by atoms with van der Waals surface area (Å²) in [7, 11) is 0. The fourth-order valence-corrected chi connectivity index (χ4v) is 0.838. The third kappa shape index (κ3) is 2.31. The summed E-state index contributed by atoms with van der Waals surface area (Å²) in [6.45, 7) is -2.81. The molecule has 59 valence electrons. The van der Waals surface area contributed by atoms with Crippen LogP contribution in [0.2, 0.25) is 0 Å². The fourth-order valence-electron chi connectivity index (χ4n) is 0.644. The Balaban J connectivity index is 2.78. The van der Waals surface area contributed by atoms with E-state index in [9.17, 15) is 8.78 Å². The second kappa shape index (κ2) is 3.48. The lowest BCUT2D eigenvalue weighted by atomic mass is 10.3. The van der Waals surface area contributed by atoms with E-state index in [-0.39, 0.29) is 5.75 Å². The van der Waals surface area contributed by atoms with E-state index in [1.807, 2.05) is 0 Å². The first kappa shape index (κ1) is 8.20.